The second-order valence-corrected chi connectivity index (χ2v) is 5.54. The van der Waals surface area contributed by atoms with Crippen LogP contribution in [0.4, 0.5) is 0 Å². The molecule has 0 spiro atoms. The monoisotopic (exact) mass is 302 g/mol. The molecule has 118 valence electrons. The van der Waals surface area contributed by atoms with Crippen LogP contribution in [0.1, 0.15) is 25.0 Å². The molecule has 0 saturated carbocycles. The van der Waals surface area contributed by atoms with Gasteiger partial charge in [0.25, 0.3) is 0 Å². The van der Waals surface area contributed by atoms with Gasteiger partial charge in [0.2, 0.25) is 11.8 Å². The van der Waals surface area contributed by atoms with Crippen molar-refractivity contribution in [2.45, 2.75) is 20.3 Å². The van der Waals surface area contributed by atoms with Crippen molar-refractivity contribution in [1.82, 2.24) is 10.6 Å². The first-order valence-electron chi connectivity index (χ1n) is 7.55. The number of hydrogen-bond donors (Lipinski definition) is 2. The largest absolute Gasteiger partial charge is 0.493 e. The smallest absolute Gasteiger partial charge is 0.244 e. The molecule has 0 radical (unpaired) electrons. The van der Waals surface area contributed by atoms with Crippen LogP contribution in [0, 0.1) is 5.92 Å². The fourth-order valence-corrected chi connectivity index (χ4v) is 2.12. The van der Waals surface area contributed by atoms with Gasteiger partial charge in [-0.1, -0.05) is 19.9 Å². The Kier molecular flexibility index (Phi) is 5.58. The van der Waals surface area contributed by atoms with Crippen molar-refractivity contribution < 1.29 is 14.3 Å². The van der Waals surface area contributed by atoms with Crippen molar-refractivity contribution in [3.8, 4) is 5.75 Å². The summed E-state index contributed by atoms with van der Waals surface area (Å²) in [7, 11) is 0. The van der Waals surface area contributed by atoms with Crippen molar-refractivity contribution in [2.24, 2.45) is 5.92 Å². The van der Waals surface area contributed by atoms with Gasteiger partial charge < -0.3 is 15.4 Å². The lowest BCUT2D eigenvalue weighted by Gasteiger charge is -2.07. The first kappa shape index (κ1) is 16.1. The fourth-order valence-electron chi connectivity index (χ4n) is 2.12. The molecule has 1 aromatic carbocycles. The molecule has 5 heteroatoms. The summed E-state index contributed by atoms with van der Waals surface area (Å²) in [5.41, 5.74) is 2.16. The van der Waals surface area contributed by atoms with Gasteiger partial charge in [0.15, 0.2) is 0 Å². The molecule has 0 atom stereocenters. The topological polar surface area (TPSA) is 67.4 Å². The molecule has 5 nitrogen and oxygen atoms in total. The van der Waals surface area contributed by atoms with Gasteiger partial charge in [0.05, 0.1) is 6.61 Å². The predicted molar refractivity (Wildman–Crippen MR) is 85.5 cm³/mol. The van der Waals surface area contributed by atoms with Gasteiger partial charge in [-0.25, -0.2) is 0 Å². The molecule has 0 unspecified atom stereocenters. The van der Waals surface area contributed by atoms with Crippen LogP contribution >= 0.6 is 0 Å². The van der Waals surface area contributed by atoms with Crippen LogP contribution in [0.25, 0.3) is 6.08 Å². The molecular formula is C17H22N2O3. The fraction of sp³-hybridized carbons (Fsp3) is 0.412. The normalized spacial score (nSPS) is 13.0. The van der Waals surface area contributed by atoms with Gasteiger partial charge in [-0.15, -0.1) is 0 Å². The Morgan fingerprint density at radius 1 is 1.27 bits per heavy atom. The molecule has 1 aliphatic heterocycles. The molecular weight excluding hydrogens is 280 g/mol. The van der Waals surface area contributed by atoms with E-state index in [4.69, 9.17) is 4.74 Å². The minimum absolute atomic E-state index is 0.00912. The Morgan fingerprint density at radius 3 is 2.82 bits per heavy atom. The minimum Gasteiger partial charge on any atom is -0.493 e. The SMILES string of the molecule is CC(C)C(=O)NCCNC(=O)/C=C/c1ccc2c(c1)CCO2. The lowest BCUT2D eigenvalue weighted by atomic mass is 10.1. The number of carbonyl (C=O) groups is 2. The number of ether oxygens (including phenoxy) is 1. The molecule has 2 N–H and O–H groups in total. The summed E-state index contributed by atoms with van der Waals surface area (Å²) in [5, 5.41) is 5.48. The quantitative estimate of drug-likeness (QED) is 0.618. The average Bonchev–Trinajstić information content (AvgIpc) is 2.96. The van der Waals surface area contributed by atoms with Crippen molar-refractivity contribution in [3.05, 3.63) is 35.4 Å². The third-order valence-corrected chi connectivity index (χ3v) is 3.39. The summed E-state index contributed by atoms with van der Waals surface area (Å²) >= 11 is 0. The van der Waals surface area contributed by atoms with Crippen molar-refractivity contribution >= 4 is 17.9 Å². The second kappa shape index (κ2) is 7.64. The number of amides is 2. The van der Waals surface area contributed by atoms with E-state index >= 15 is 0 Å². The number of fused-ring (bicyclic) bond motifs is 1. The van der Waals surface area contributed by atoms with Crippen molar-refractivity contribution in [1.29, 1.82) is 0 Å². The third kappa shape index (κ3) is 4.62. The third-order valence-electron chi connectivity index (χ3n) is 3.39. The summed E-state index contributed by atoms with van der Waals surface area (Å²) in [5.74, 6) is 0.711. The average molecular weight is 302 g/mol. The number of benzene rings is 1. The maximum absolute atomic E-state index is 11.7. The predicted octanol–water partition coefficient (Wildman–Crippen LogP) is 1.52. The zero-order valence-corrected chi connectivity index (χ0v) is 13.0. The highest BCUT2D eigenvalue weighted by Gasteiger charge is 2.11. The van der Waals surface area contributed by atoms with Crippen LogP contribution < -0.4 is 15.4 Å². The minimum atomic E-state index is -0.171. The van der Waals surface area contributed by atoms with Crippen molar-refractivity contribution in [2.75, 3.05) is 19.7 Å². The Balaban J connectivity index is 1.74. The van der Waals surface area contributed by atoms with E-state index in [0.29, 0.717) is 13.1 Å². The zero-order valence-electron chi connectivity index (χ0n) is 13.0. The van der Waals surface area contributed by atoms with E-state index in [2.05, 4.69) is 10.6 Å². The molecule has 1 aliphatic rings. The Bertz CT molecular complexity index is 579. The van der Waals surface area contributed by atoms with E-state index in [1.165, 1.54) is 11.6 Å². The van der Waals surface area contributed by atoms with E-state index in [-0.39, 0.29) is 17.7 Å². The number of hydrogen-bond acceptors (Lipinski definition) is 3. The molecule has 22 heavy (non-hydrogen) atoms. The van der Waals surface area contributed by atoms with Gasteiger partial charge >= 0.3 is 0 Å². The second-order valence-electron chi connectivity index (χ2n) is 5.54. The molecule has 2 amide bonds. The van der Waals surface area contributed by atoms with Gasteiger partial charge in [0.1, 0.15) is 5.75 Å². The lowest BCUT2D eigenvalue weighted by molar-refractivity contribution is -0.124. The van der Waals surface area contributed by atoms with E-state index in [9.17, 15) is 9.59 Å². The molecule has 1 aromatic rings. The van der Waals surface area contributed by atoms with Gasteiger partial charge in [-0.3, -0.25) is 9.59 Å². The standard InChI is InChI=1S/C17H22N2O3/c1-12(2)17(21)19-9-8-18-16(20)6-4-13-3-5-15-14(11-13)7-10-22-15/h3-6,11-12H,7-10H2,1-2H3,(H,18,20)(H,19,21)/b6-4+. The van der Waals surface area contributed by atoms with Crippen LogP contribution in [-0.4, -0.2) is 31.5 Å². The highest BCUT2D eigenvalue weighted by atomic mass is 16.5. The molecule has 0 aromatic heterocycles. The van der Waals surface area contributed by atoms with Crippen molar-refractivity contribution in [3.63, 3.8) is 0 Å². The Hall–Kier alpha value is -2.30. The molecule has 2 rings (SSSR count). The molecule has 0 saturated heterocycles. The highest BCUT2D eigenvalue weighted by molar-refractivity contribution is 5.91. The number of rotatable bonds is 6. The van der Waals surface area contributed by atoms with Crippen LogP contribution in [-0.2, 0) is 16.0 Å². The highest BCUT2D eigenvalue weighted by Crippen LogP contribution is 2.26. The first-order valence-corrected chi connectivity index (χ1v) is 7.55. The first-order chi connectivity index (χ1) is 10.6. The zero-order chi connectivity index (χ0) is 15.9. The van der Waals surface area contributed by atoms with Crippen LogP contribution in [0.3, 0.4) is 0 Å². The van der Waals surface area contributed by atoms with E-state index < -0.39 is 0 Å². The summed E-state index contributed by atoms with van der Waals surface area (Å²) < 4.78 is 5.44. The van der Waals surface area contributed by atoms with Crippen LogP contribution in [0.5, 0.6) is 5.75 Å². The van der Waals surface area contributed by atoms with E-state index in [0.717, 1.165) is 24.3 Å². The summed E-state index contributed by atoms with van der Waals surface area (Å²) in [4.78, 5) is 23.0. The number of nitrogens with one attached hydrogen (secondary N) is 2. The maximum atomic E-state index is 11.7. The van der Waals surface area contributed by atoms with E-state index in [1.807, 2.05) is 32.0 Å². The summed E-state index contributed by atoms with van der Waals surface area (Å²) in [6.07, 6.45) is 4.20. The summed E-state index contributed by atoms with van der Waals surface area (Å²) in [6, 6.07) is 5.90. The van der Waals surface area contributed by atoms with Gasteiger partial charge in [-0.2, -0.15) is 0 Å². The van der Waals surface area contributed by atoms with Crippen LogP contribution in [0.15, 0.2) is 24.3 Å². The van der Waals surface area contributed by atoms with Gasteiger partial charge in [-0.05, 0) is 29.3 Å². The maximum Gasteiger partial charge on any atom is 0.244 e. The molecule has 1 heterocycles. The Labute approximate surface area is 130 Å². The number of carbonyl (C=O) groups excluding carboxylic acids is 2. The Morgan fingerprint density at radius 2 is 2.05 bits per heavy atom. The van der Waals surface area contributed by atoms with E-state index in [1.54, 1.807) is 6.08 Å². The molecule has 0 aliphatic carbocycles. The summed E-state index contributed by atoms with van der Waals surface area (Å²) in [6.45, 7) is 5.24. The lowest BCUT2D eigenvalue weighted by Crippen LogP contribution is -2.35. The molecule has 0 bridgehead atoms. The van der Waals surface area contributed by atoms with Crippen LogP contribution in [0.2, 0.25) is 0 Å². The molecule has 0 fully saturated rings. The van der Waals surface area contributed by atoms with Gasteiger partial charge in [0, 0.05) is 31.5 Å².